The van der Waals surface area contributed by atoms with Crippen molar-refractivity contribution in [1.82, 2.24) is 0 Å². The van der Waals surface area contributed by atoms with Gasteiger partial charge in [-0.05, 0) is 29.3 Å². The second kappa shape index (κ2) is 8.72. The van der Waals surface area contributed by atoms with Crippen LogP contribution in [0.2, 0.25) is 0 Å². The van der Waals surface area contributed by atoms with Crippen molar-refractivity contribution >= 4 is 23.2 Å². The van der Waals surface area contributed by atoms with Crippen LogP contribution < -0.4 is 14.8 Å². The van der Waals surface area contributed by atoms with Crippen LogP contribution in [0.3, 0.4) is 0 Å². The fourth-order valence-corrected chi connectivity index (χ4v) is 2.72. The van der Waals surface area contributed by atoms with Gasteiger partial charge in [-0.15, -0.1) is 0 Å². The molecule has 0 saturated heterocycles. The maximum atomic E-state index is 13.1. The molecule has 0 aliphatic carbocycles. The third-order valence-electron chi connectivity index (χ3n) is 4.09. The molecule has 4 heteroatoms. The lowest BCUT2D eigenvalue weighted by atomic mass is 10.0. The van der Waals surface area contributed by atoms with Gasteiger partial charge in [0.15, 0.2) is 0 Å². The zero-order valence-electron chi connectivity index (χ0n) is 15.3. The summed E-state index contributed by atoms with van der Waals surface area (Å²) in [6.07, 6.45) is 1.87. The van der Waals surface area contributed by atoms with Gasteiger partial charge in [0.05, 0.1) is 19.9 Å². The van der Waals surface area contributed by atoms with E-state index >= 15 is 0 Å². The summed E-state index contributed by atoms with van der Waals surface area (Å²) >= 11 is 0. The summed E-state index contributed by atoms with van der Waals surface area (Å²) in [7, 11) is 3.15. The van der Waals surface area contributed by atoms with Crippen LogP contribution in [0.5, 0.6) is 11.5 Å². The summed E-state index contributed by atoms with van der Waals surface area (Å²) in [5.41, 5.74) is 2.90. The molecule has 0 spiro atoms. The number of nitrogens with one attached hydrogen (secondary N) is 1. The lowest BCUT2D eigenvalue weighted by Gasteiger charge is -2.14. The fourth-order valence-electron chi connectivity index (χ4n) is 2.72. The number of methoxy groups -OCH3 is 2. The van der Waals surface area contributed by atoms with E-state index in [4.69, 9.17) is 9.47 Å². The molecular formula is C23H21NO3. The SMILES string of the molecule is COc1ccc(OC)c(NC(=O)/C(=C/c2ccccc2)c2ccccc2)c1. The zero-order chi connectivity index (χ0) is 19.1. The average Bonchev–Trinajstić information content (AvgIpc) is 2.73. The van der Waals surface area contributed by atoms with Gasteiger partial charge in [0, 0.05) is 11.6 Å². The standard InChI is InChI=1S/C23H21NO3/c1-26-19-13-14-22(27-2)21(16-19)24-23(25)20(18-11-7-4-8-12-18)15-17-9-5-3-6-10-17/h3-16H,1-2H3,(H,24,25)/b20-15+. The lowest BCUT2D eigenvalue weighted by Crippen LogP contribution is -2.14. The van der Waals surface area contributed by atoms with E-state index in [0.29, 0.717) is 22.8 Å². The Hall–Kier alpha value is -3.53. The maximum absolute atomic E-state index is 13.1. The second-order valence-electron chi connectivity index (χ2n) is 5.86. The minimum absolute atomic E-state index is 0.225. The molecule has 4 nitrogen and oxygen atoms in total. The van der Waals surface area contributed by atoms with Crippen LogP contribution >= 0.6 is 0 Å². The minimum Gasteiger partial charge on any atom is -0.497 e. The summed E-state index contributed by atoms with van der Waals surface area (Å²) in [5, 5.41) is 2.94. The van der Waals surface area contributed by atoms with Crippen LogP contribution in [-0.4, -0.2) is 20.1 Å². The van der Waals surface area contributed by atoms with Crippen LogP contribution in [0.15, 0.2) is 78.9 Å². The molecule has 0 atom stereocenters. The van der Waals surface area contributed by atoms with E-state index in [2.05, 4.69) is 5.32 Å². The lowest BCUT2D eigenvalue weighted by molar-refractivity contribution is -0.111. The van der Waals surface area contributed by atoms with Gasteiger partial charge in [-0.1, -0.05) is 60.7 Å². The molecule has 3 aromatic rings. The Balaban J connectivity index is 1.98. The van der Waals surface area contributed by atoms with Crippen molar-refractivity contribution in [3.05, 3.63) is 90.0 Å². The summed E-state index contributed by atoms with van der Waals surface area (Å²) in [5.74, 6) is 0.979. The number of benzene rings is 3. The molecule has 3 aromatic carbocycles. The molecule has 136 valence electrons. The molecule has 1 N–H and O–H groups in total. The van der Waals surface area contributed by atoms with E-state index in [-0.39, 0.29) is 5.91 Å². The van der Waals surface area contributed by atoms with Gasteiger partial charge in [0.1, 0.15) is 11.5 Å². The molecule has 1 amide bonds. The number of hydrogen-bond donors (Lipinski definition) is 1. The zero-order valence-corrected chi connectivity index (χ0v) is 15.3. The highest BCUT2D eigenvalue weighted by molar-refractivity contribution is 6.29. The average molecular weight is 359 g/mol. The smallest absolute Gasteiger partial charge is 0.256 e. The third kappa shape index (κ3) is 4.55. The minimum atomic E-state index is -0.225. The Kier molecular flexibility index (Phi) is 5.90. The summed E-state index contributed by atoms with van der Waals surface area (Å²) < 4.78 is 10.6. The van der Waals surface area contributed by atoms with Crippen molar-refractivity contribution in [2.45, 2.75) is 0 Å². The van der Waals surface area contributed by atoms with E-state index < -0.39 is 0 Å². The Morgan fingerprint density at radius 1 is 0.852 bits per heavy atom. The number of carbonyl (C=O) groups is 1. The Bertz CT molecular complexity index is 934. The van der Waals surface area contributed by atoms with Gasteiger partial charge in [0.2, 0.25) is 0 Å². The molecule has 0 fully saturated rings. The predicted molar refractivity (Wildman–Crippen MR) is 109 cm³/mol. The van der Waals surface area contributed by atoms with E-state index in [1.807, 2.05) is 66.7 Å². The van der Waals surface area contributed by atoms with Crippen LogP contribution in [0.1, 0.15) is 11.1 Å². The molecule has 0 unspecified atom stereocenters. The first kappa shape index (κ1) is 18.3. The first-order valence-corrected chi connectivity index (χ1v) is 8.57. The first-order valence-electron chi connectivity index (χ1n) is 8.57. The molecule has 0 aromatic heterocycles. The van der Waals surface area contributed by atoms with Gasteiger partial charge in [0.25, 0.3) is 5.91 Å². The normalized spacial score (nSPS) is 11.0. The number of amides is 1. The van der Waals surface area contributed by atoms with Gasteiger partial charge in [-0.2, -0.15) is 0 Å². The van der Waals surface area contributed by atoms with Crippen molar-refractivity contribution in [3.8, 4) is 11.5 Å². The highest BCUT2D eigenvalue weighted by atomic mass is 16.5. The van der Waals surface area contributed by atoms with Gasteiger partial charge in [-0.25, -0.2) is 0 Å². The maximum Gasteiger partial charge on any atom is 0.256 e. The summed E-state index contributed by atoms with van der Waals surface area (Å²) in [6.45, 7) is 0. The molecule has 0 aliphatic heterocycles. The van der Waals surface area contributed by atoms with Crippen molar-refractivity contribution in [3.63, 3.8) is 0 Å². The number of ether oxygens (including phenoxy) is 2. The molecular weight excluding hydrogens is 338 g/mol. The van der Waals surface area contributed by atoms with Gasteiger partial charge >= 0.3 is 0 Å². The quantitative estimate of drug-likeness (QED) is 0.504. The number of carbonyl (C=O) groups excluding carboxylic acids is 1. The van der Waals surface area contributed by atoms with E-state index in [1.165, 1.54) is 0 Å². The first-order chi connectivity index (χ1) is 13.2. The fraction of sp³-hybridized carbons (Fsp3) is 0.0870. The number of hydrogen-bond acceptors (Lipinski definition) is 3. The molecule has 0 aliphatic rings. The largest absolute Gasteiger partial charge is 0.497 e. The van der Waals surface area contributed by atoms with Crippen molar-refractivity contribution in [2.24, 2.45) is 0 Å². The van der Waals surface area contributed by atoms with Crippen molar-refractivity contribution < 1.29 is 14.3 Å². The van der Waals surface area contributed by atoms with E-state index in [0.717, 1.165) is 11.1 Å². The molecule has 0 radical (unpaired) electrons. The highest BCUT2D eigenvalue weighted by Gasteiger charge is 2.15. The molecule has 27 heavy (non-hydrogen) atoms. The van der Waals surface area contributed by atoms with Crippen LogP contribution in [-0.2, 0) is 4.79 Å². The molecule has 0 saturated carbocycles. The van der Waals surface area contributed by atoms with E-state index in [9.17, 15) is 4.79 Å². The summed E-state index contributed by atoms with van der Waals surface area (Å²) in [6, 6.07) is 24.6. The van der Waals surface area contributed by atoms with Crippen LogP contribution in [0.4, 0.5) is 5.69 Å². The van der Waals surface area contributed by atoms with Crippen LogP contribution in [0.25, 0.3) is 11.6 Å². The van der Waals surface area contributed by atoms with Crippen molar-refractivity contribution in [1.29, 1.82) is 0 Å². The van der Waals surface area contributed by atoms with Crippen molar-refractivity contribution in [2.75, 3.05) is 19.5 Å². The Morgan fingerprint density at radius 2 is 1.52 bits per heavy atom. The molecule has 3 rings (SSSR count). The topological polar surface area (TPSA) is 47.6 Å². The molecule has 0 bridgehead atoms. The number of anilines is 1. The monoisotopic (exact) mass is 359 g/mol. The Labute approximate surface area is 159 Å². The summed E-state index contributed by atoms with van der Waals surface area (Å²) in [4.78, 5) is 13.1. The molecule has 0 heterocycles. The van der Waals surface area contributed by atoms with E-state index in [1.54, 1.807) is 32.4 Å². The number of rotatable bonds is 6. The highest BCUT2D eigenvalue weighted by Crippen LogP contribution is 2.30. The van der Waals surface area contributed by atoms with Crippen LogP contribution in [0, 0.1) is 0 Å². The Morgan fingerprint density at radius 3 is 2.15 bits per heavy atom. The van der Waals surface area contributed by atoms with Gasteiger partial charge < -0.3 is 14.8 Å². The second-order valence-corrected chi connectivity index (χ2v) is 5.86. The third-order valence-corrected chi connectivity index (χ3v) is 4.09. The van der Waals surface area contributed by atoms with Gasteiger partial charge in [-0.3, -0.25) is 4.79 Å². The predicted octanol–water partition coefficient (Wildman–Crippen LogP) is 4.88.